The number of thiazole rings is 1. The second-order valence-electron chi connectivity index (χ2n) is 6.76. The lowest BCUT2D eigenvalue weighted by atomic mass is 9.79. The topological polar surface area (TPSA) is 79.3 Å². The number of hydrogen-bond donors (Lipinski definition) is 2. The molecular formula is C18H17ClN2O3S. The first-order valence-electron chi connectivity index (χ1n) is 8.28. The van der Waals surface area contributed by atoms with Crippen LogP contribution in [0.5, 0.6) is 0 Å². The van der Waals surface area contributed by atoms with Crippen LogP contribution in [0.4, 0.5) is 5.13 Å². The minimum absolute atomic E-state index is 0.138. The molecule has 5 nitrogen and oxygen atoms in total. The minimum Gasteiger partial charge on any atom is -0.481 e. The van der Waals surface area contributed by atoms with Crippen LogP contribution < -0.4 is 5.32 Å². The fraction of sp³-hybridized carbons (Fsp3) is 0.389. The first kappa shape index (κ1) is 16.5. The molecule has 1 aromatic carbocycles. The Morgan fingerprint density at radius 3 is 2.52 bits per heavy atom. The van der Waals surface area contributed by atoms with Gasteiger partial charge in [0.15, 0.2) is 5.13 Å². The van der Waals surface area contributed by atoms with Crippen LogP contribution in [0, 0.1) is 23.7 Å². The standard InChI is InChI=1S/C18H17ClN2O3S/c19-12-5-3-9(4-6-12)13-8-25-18(20-13)21-16(22)14-10-1-2-11(7-10)15(14)17(23)24/h3-6,8,10-11,14-15H,1-2,7H2,(H,23,24)(H,20,21,22)/t10-,11+,14-,15+/m1/s1. The van der Waals surface area contributed by atoms with Crippen LogP contribution in [0.1, 0.15) is 19.3 Å². The summed E-state index contributed by atoms with van der Waals surface area (Å²) in [6.07, 6.45) is 2.72. The Kier molecular flexibility index (Phi) is 4.25. The second kappa shape index (κ2) is 6.42. The number of aliphatic carboxylic acids is 1. The van der Waals surface area contributed by atoms with Crippen molar-refractivity contribution in [3.05, 3.63) is 34.7 Å². The molecule has 1 aromatic heterocycles. The van der Waals surface area contributed by atoms with Crippen LogP contribution >= 0.6 is 22.9 Å². The van der Waals surface area contributed by atoms with Crippen molar-refractivity contribution in [3.63, 3.8) is 0 Å². The zero-order chi connectivity index (χ0) is 17.6. The van der Waals surface area contributed by atoms with E-state index in [1.165, 1.54) is 11.3 Å². The fourth-order valence-electron chi connectivity index (χ4n) is 4.30. The molecule has 0 aliphatic heterocycles. The lowest BCUT2D eigenvalue weighted by Gasteiger charge is -2.26. The number of rotatable bonds is 4. The third-order valence-corrected chi connectivity index (χ3v) is 6.39. The molecule has 0 radical (unpaired) electrons. The smallest absolute Gasteiger partial charge is 0.307 e. The third-order valence-electron chi connectivity index (χ3n) is 5.38. The number of hydrogen-bond acceptors (Lipinski definition) is 4. The van der Waals surface area contributed by atoms with E-state index in [1.807, 2.05) is 17.5 Å². The van der Waals surface area contributed by atoms with E-state index in [-0.39, 0.29) is 17.7 Å². The van der Waals surface area contributed by atoms with Gasteiger partial charge in [-0.05, 0) is 43.2 Å². The molecule has 2 bridgehead atoms. The van der Waals surface area contributed by atoms with Crippen molar-refractivity contribution < 1.29 is 14.7 Å². The van der Waals surface area contributed by atoms with E-state index in [4.69, 9.17) is 11.6 Å². The Morgan fingerprint density at radius 2 is 1.84 bits per heavy atom. The number of benzene rings is 1. The molecule has 2 aliphatic rings. The maximum absolute atomic E-state index is 12.7. The van der Waals surface area contributed by atoms with Crippen LogP contribution in [0.3, 0.4) is 0 Å². The fourth-order valence-corrected chi connectivity index (χ4v) is 5.15. The Hall–Kier alpha value is -1.92. The predicted octanol–water partition coefficient (Wildman–Crippen LogP) is 4.15. The van der Waals surface area contributed by atoms with Crippen LogP contribution in [0.2, 0.25) is 5.02 Å². The molecule has 0 unspecified atom stereocenters. The van der Waals surface area contributed by atoms with Gasteiger partial charge in [0, 0.05) is 16.0 Å². The number of halogens is 1. The molecule has 4 atom stereocenters. The van der Waals surface area contributed by atoms with Gasteiger partial charge in [0.25, 0.3) is 0 Å². The van der Waals surface area contributed by atoms with E-state index in [0.717, 1.165) is 30.5 Å². The van der Waals surface area contributed by atoms with Crippen molar-refractivity contribution in [3.8, 4) is 11.3 Å². The summed E-state index contributed by atoms with van der Waals surface area (Å²) in [6, 6.07) is 7.33. The molecular weight excluding hydrogens is 360 g/mol. The molecule has 1 heterocycles. The van der Waals surface area contributed by atoms with Gasteiger partial charge in [-0.15, -0.1) is 11.3 Å². The number of carboxylic acid groups (broad SMARTS) is 1. The van der Waals surface area contributed by atoms with Gasteiger partial charge < -0.3 is 10.4 Å². The maximum Gasteiger partial charge on any atom is 0.307 e. The van der Waals surface area contributed by atoms with Gasteiger partial charge in [-0.1, -0.05) is 23.7 Å². The highest BCUT2D eigenvalue weighted by Gasteiger charge is 2.54. The number of nitrogens with zero attached hydrogens (tertiary/aromatic N) is 1. The van der Waals surface area contributed by atoms with E-state index < -0.39 is 17.8 Å². The molecule has 4 rings (SSSR count). The Bertz CT molecular complexity index is 820. The molecule has 2 N–H and O–H groups in total. The first-order valence-corrected chi connectivity index (χ1v) is 9.54. The number of carboxylic acids is 1. The van der Waals surface area contributed by atoms with E-state index in [2.05, 4.69) is 10.3 Å². The monoisotopic (exact) mass is 376 g/mol. The van der Waals surface area contributed by atoms with Crippen LogP contribution in [0.25, 0.3) is 11.3 Å². The number of carbonyl (C=O) groups excluding carboxylic acids is 1. The quantitative estimate of drug-likeness (QED) is 0.840. The molecule has 2 aliphatic carbocycles. The number of carbonyl (C=O) groups is 2. The number of anilines is 1. The van der Waals surface area contributed by atoms with Crippen molar-refractivity contribution in [1.29, 1.82) is 0 Å². The molecule has 2 saturated carbocycles. The van der Waals surface area contributed by atoms with Crippen molar-refractivity contribution in [2.24, 2.45) is 23.7 Å². The van der Waals surface area contributed by atoms with E-state index in [9.17, 15) is 14.7 Å². The van der Waals surface area contributed by atoms with E-state index in [0.29, 0.717) is 10.2 Å². The summed E-state index contributed by atoms with van der Waals surface area (Å²) >= 11 is 7.24. The predicted molar refractivity (Wildman–Crippen MR) is 96.6 cm³/mol. The number of fused-ring (bicyclic) bond motifs is 2. The zero-order valence-electron chi connectivity index (χ0n) is 13.3. The van der Waals surface area contributed by atoms with Gasteiger partial charge in [0.2, 0.25) is 5.91 Å². The van der Waals surface area contributed by atoms with Crippen molar-refractivity contribution in [1.82, 2.24) is 4.98 Å². The Labute approximate surface area is 154 Å². The van der Waals surface area contributed by atoms with Crippen LogP contribution in [0.15, 0.2) is 29.6 Å². The summed E-state index contributed by atoms with van der Waals surface area (Å²) in [5, 5.41) is 15.4. The summed E-state index contributed by atoms with van der Waals surface area (Å²) in [5.74, 6) is -1.75. The van der Waals surface area contributed by atoms with Crippen LogP contribution in [-0.4, -0.2) is 22.0 Å². The lowest BCUT2D eigenvalue weighted by molar-refractivity contribution is -0.148. The summed E-state index contributed by atoms with van der Waals surface area (Å²) in [6.45, 7) is 0. The van der Waals surface area contributed by atoms with Crippen molar-refractivity contribution in [2.75, 3.05) is 5.32 Å². The SMILES string of the molecule is O=C(Nc1nc(-c2ccc(Cl)cc2)cs1)[C@@H]1[C@@H]2CC[C@@H](C2)[C@@H]1C(=O)O. The summed E-state index contributed by atoms with van der Waals surface area (Å²) in [5.41, 5.74) is 1.68. The highest BCUT2D eigenvalue weighted by atomic mass is 35.5. The van der Waals surface area contributed by atoms with Crippen molar-refractivity contribution in [2.45, 2.75) is 19.3 Å². The molecule has 130 valence electrons. The van der Waals surface area contributed by atoms with Crippen LogP contribution in [-0.2, 0) is 9.59 Å². The van der Waals surface area contributed by atoms with Gasteiger partial charge in [-0.25, -0.2) is 4.98 Å². The normalized spacial score (nSPS) is 27.4. The van der Waals surface area contributed by atoms with Gasteiger partial charge in [-0.2, -0.15) is 0 Å². The molecule has 1 amide bonds. The molecule has 2 aromatic rings. The zero-order valence-corrected chi connectivity index (χ0v) is 14.9. The molecule has 0 saturated heterocycles. The average molecular weight is 377 g/mol. The minimum atomic E-state index is -0.853. The number of nitrogens with one attached hydrogen (secondary N) is 1. The molecule has 25 heavy (non-hydrogen) atoms. The maximum atomic E-state index is 12.7. The second-order valence-corrected chi connectivity index (χ2v) is 8.05. The van der Waals surface area contributed by atoms with Gasteiger partial charge in [0.05, 0.1) is 17.5 Å². The highest BCUT2D eigenvalue weighted by molar-refractivity contribution is 7.14. The molecule has 7 heteroatoms. The van der Waals surface area contributed by atoms with Gasteiger partial charge >= 0.3 is 5.97 Å². The largest absolute Gasteiger partial charge is 0.481 e. The molecule has 2 fully saturated rings. The average Bonchev–Trinajstić information content (AvgIpc) is 3.30. The first-order chi connectivity index (χ1) is 12.0. The van der Waals surface area contributed by atoms with E-state index >= 15 is 0 Å². The van der Waals surface area contributed by atoms with Gasteiger partial charge in [0.1, 0.15) is 0 Å². The summed E-state index contributed by atoms with van der Waals surface area (Å²) in [7, 11) is 0. The molecule has 0 spiro atoms. The Morgan fingerprint density at radius 1 is 1.16 bits per heavy atom. The van der Waals surface area contributed by atoms with E-state index in [1.54, 1.807) is 12.1 Å². The number of aromatic nitrogens is 1. The summed E-state index contributed by atoms with van der Waals surface area (Å²) in [4.78, 5) is 28.7. The van der Waals surface area contributed by atoms with Crippen molar-refractivity contribution >= 4 is 39.9 Å². The number of amides is 1. The lowest BCUT2D eigenvalue weighted by Crippen LogP contribution is -2.37. The summed E-state index contributed by atoms with van der Waals surface area (Å²) < 4.78 is 0. The highest BCUT2D eigenvalue weighted by Crippen LogP contribution is 2.52. The Balaban J connectivity index is 1.50. The third kappa shape index (κ3) is 3.04. The van der Waals surface area contributed by atoms with Gasteiger partial charge in [-0.3, -0.25) is 9.59 Å².